The Morgan fingerprint density at radius 1 is 1.15 bits per heavy atom. The van der Waals surface area contributed by atoms with Gasteiger partial charge in [0.2, 0.25) is 5.91 Å². The molecule has 4 aliphatic heterocycles. The van der Waals surface area contributed by atoms with Crippen molar-refractivity contribution in [1.29, 1.82) is 0 Å². The Labute approximate surface area is 230 Å². The lowest BCUT2D eigenvalue weighted by Crippen LogP contribution is -2.68. The Morgan fingerprint density at radius 3 is 2.38 bits per heavy atom. The number of carbonyl (C=O) groups excluding carboxylic acids is 2. The van der Waals surface area contributed by atoms with Crippen molar-refractivity contribution in [3.63, 3.8) is 0 Å². The Balaban J connectivity index is 1.24. The lowest BCUT2D eigenvalue weighted by atomic mass is 9.81. The van der Waals surface area contributed by atoms with Crippen molar-refractivity contribution in [1.82, 2.24) is 10.2 Å². The summed E-state index contributed by atoms with van der Waals surface area (Å²) in [5.41, 5.74) is -3.36. The average molecular weight is 608 g/mol. The molecule has 4 heterocycles. The number of rotatable bonds is 3. The van der Waals surface area contributed by atoms with Crippen LogP contribution in [0.1, 0.15) is 33.5 Å². The molecule has 1 unspecified atom stereocenters. The van der Waals surface area contributed by atoms with Crippen LogP contribution in [0, 0.1) is 11.7 Å². The van der Waals surface area contributed by atoms with Crippen molar-refractivity contribution in [3.8, 4) is 0 Å². The second-order valence-electron chi connectivity index (χ2n) is 10.2. The van der Waals surface area contributed by atoms with E-state index in [1.165, 1.54) is 17.0 Å². The van der Waals surface area contributed by atoms with Gasteiger partial charge in [0.15, 0.2) is 5.82 Å². The van der Waals surface area contributed by atoms with E-state index in [-0.39, 0.29) is 47.3 Å². The Hall–Kier alpha value is -2.58. The highest BCUT2D eigenvalue weighted by Crippen LogP contribution is 2.53. The zero-order chi connectivity index (χ0) is 28.1. The Bertz CT molecular complexity index is 1450. The van der Waals surface area contributed by atoms with Crippen LogP contribution >= 0.6 is 33.8 Å². The predicted molar refractivity (Wildman–Crippen MR) is 135 cm³/mol. The van der Waals surface area contributed by atoms with Crippen LogP contribution in [-0.2, 0) is 20.8 Å². The number of nitrogens with zero attached hydrogens (tertiary/aromatic N) is 2. The summed E-state index contributed by atoms with van der Waals surface area (Å²) in [5, 5.41) is 5.35. The number of hydrogen-bond donors (Lipinski definition) is 3. The van der Waals surface area contributed by atoms with Gasteiger partial charge in [0.25, 0.3) is 11.5 Å². The van der Waals surface area contributed by atoms with Gasteiger partial charge in [0.05, 0.1) is 33.2 Å². The van der Waals surface area contributed by atoms with Crippen LogP contribution in [0.4, 0.5) is 17.6 Å². The summed E-state index contributed by atoms with van der Waals surface area (Å²) in [5.74, 6) is -2.13. The van der Waals surface area contributed by atoms with Crippen LogP contribution in [0.25, 0.3) is 0 Å². The van der Waals surface area contributed by atoms with Crippen LogP contribution in [0.5, 0.6) is 0 Å². The van der Waals surface area contributed by atoms with E-state index in [0.29, 0.717) is 5.56 Å². The molecule has 4 aliphatic rings. The summed E-state index contributed by atoms with van der Waals surface area (Å²) >= 11 is 11.5. The third kappa shape index (κ3) is 4.00. The molecule has 15 heteroatoms. The predicted octanol–water partition coefficient (Wildman–Crippen LogP) is 4.88. The summed E-state index contributed by atoms with van der Waals surface area (Å²) in [4.78, 5) is 31.9. The number of amides is 2. The van der Waals surface area contributed by atoms with Crippen molar-refractivity contribution in [2.45, 2.75) is 23.7 Å². The molecule has 6 rings (SSSR count). The summed E-state index contributed by atoms with van der Waals surface area (Å²) in [7, 11) is -2.67. The summed E-state index contributed by atoms with van der Waals surface area (Å²) < 4.78 is 76.0. The maximum Gasteiger partial charge on any atom is 0.435 e. The van der Waals surface area contributed by atoms with E-state index in [9.17, 15) is 36.3 Å². The fourth-order valence-electron chi connectivity index (χ4n) is 5.54. The smallest absolute Gasteiger partial charge is 0.374 e. The van der Waals surface area contributed by atoms with E-state index in [4.69, 9.17) is 28.0 Å². The molecule has 2 aromatic carbocycles. The molecule has 2 aromatic rings. The van der Waals surface area contributed by atoms with Crippen molar-refractivity contribution < 1.29 is 41.1 Å². The number of likely N-dealkylation sites (tertiary alicyclic amines) is 1. The van der Waals surface area contributed by atoms with E-state index >= 15 is 0 Å². The fraction of sp³-hybridized carbons (Fsp3) is 0.375. The number of benzene rings is 2. The van der Waals surface area contributed by atoms with Gasteiger partial charge < -0.3 is 15.1 Å². The molecule has 3 N–H and O–H groups in total. The third-order valence-electron chi connectivity index (χ3n) is 7.62. The summed E-state index contributed by atoms with van der Waals surface area (Å²) in [6.07, 6.45) is -5.75. The van der Waals surface area contributed by atoms with Crippen LogP contribution in [0.15, 0.2) is 35.5 Å². The molecule has 1 spiro atoms. The van der Waals surface area contributed by atoms with Crippen LogP contribution in [0.3, 0.4) is 0 Å². The van der Waals surface area contributed by atoms with E-state index in [1.54, 1.807) is 6.07 Å². The monoisotopic (exact) mass is 607 g/mol. The first-order valence-corrected chi connectivity index (χ1v) is 14.3. The van der Waals surface area contributed by atoms with E-state index in [2.05, 4.69) is 10.5 Å². The molecule has 0 aliphatic carbocycles. The second kappa shape index (κ2) is 8.46. The zero-order valence-corrected chi connectivity index (χ0v) is 22.0. The highest BCUT2D eigenvalue weighted by molar-refractivity contribution is 8.25. The molecule has 2 saturated heterocycles. The lowest BCUT2D eigenvalue weighted by molar-refractivity contribution is -0.275. The third-order valence-corrected chi connectivity index (χ3v) is 10.0. The molecule has 8 nitrogen and oxygen atoms in total. The van der Waals surface area contributed by atoms with E-state index < -0.39 is 67.6 Å². The standard InChI is InChI=1S/C24H19Cl2F4N3O5S/c25-16-4-13(5-17(26)19(16)27)23(24(28,29)30)6-18(32-38-23)11-1-2-15-14(3-11)20(34)31-22(15)9-33(10-22)21(35)12-7-39(36,37)8-12/h1-5,12,36-37H,6-10H2,(H,31,34). The first-order chi connectivity index (χ1) is 18.1. The molecule has 0 saturated carbocycles. The van der Waals surface area contributed by atoms with Crippen molar-refractivity contribution in [3.05, 3.63) is 68.4 Å². The number of carbonyl (C=O) groups is 2. The van der Waals surface area contributed by atoms with Crippen LogP contribution in [0.2, 0.25) is 10.0 Å². The van der Waals surface area contributed by atoms with Gasteiger partial charge in [0.1, 0.15) is 5.54 Å². The molecule has 208 valence electrons. The van der Waals surface area contributed by atoms with Crippen LogP contribution in [-0.4, -0.2) is 62.3 Å². The van der Waals surface area contributed by atoms with Gasteiger partial charge in [-0.15, -0.1) is 0 Å². The normalized spacial score (nSPS) is 25.8. The maximum atomic E-state index is 14.3. The van der Waals surface area contributed by atoms with Gasteiger partial charge in [-0.3, -0.25) is 18.7 Å². The molecule has 39 heavy (non-hydrogen) atoms. The number of halogens is 6. The Kier molecular flexibility index (Phi) is 5.78. The minimum atomic E-state index is -4.98. The largest absolute Gasteiger partial charge is 0.435 e. The lowest BCUT2D eigenvalue weighted by Gasteiger charge is -2.53. The second-order valence-corrected chi connectivity index (χ2v) is 13.3. The van der Waals surface area contributed by atoms with Gasteiger partial charge in [0, 0.05) is 36.2 Å². The summed E-state index contributed by atoms with van der Waals surface area (Å²) in [6.45, 7) is 0.375. The summed E-state index contributed by atoms with van der Waals surface area (Å²) in [6, 6.07) is 6.14. The quantitative estimate of drug-likeness (QED) is 0.340. The molecule has 2 fully saturated rings. The number of oxime groups is 1. The Morgan fingerprint density at radius 2 is 1.79 bits per heavy atom. The van der Waals surface area contributed by atoms with E-state index in [0.717, 1.165) is 12.1 Å². The molecule has 0 radical (unpaired) electrons. The number of fused-ring (bicyclic) bond motifs is 2. The maximum absolute atomic E-state index is 14.3. The topological polar surface area (TPSA) is 111 Å². The van der Waals surface area contributed by atoms with Crippen LogP contribution < -0.4 is 5.32 Å². The molecular formula is C24H19Cl2F4N3O5S. The van der Waals surface area contributed by atoms with Crippen molar-refractivity contribution in [2.24, 2.45) is 11.1 Å². The average Bonchev–Trinajstić information content (AvgIpc) is 3.40. The molecule has 1 atom stereocenters. The van der Waals surface area contributed by atoms with Crippen molar-refractivity contribution in [2.75, 3.05) is 24.6 Å². The molecule has 2 amide bonds. The minimum Gasteiger partial charge on any atom is -0.374 e. The van der Waals surface area contributed by atoms with Gasteiger partial charge in [-0.1, -0.05) is 40.5 Å². The first kappa shape index (κ1) is 26.6. The van der Waals surface area contributed by atoms with Crippen molar-refractivity contribution >= 4 is 51.3 Å². The minimum absolute atomic E-state index is 0.0293. The highest BCUT2D eigenvalue weighted by atomic mass is 35.5. The SMILES string of the molecule is O=C1NC2(CN(C(=O)C3CS(O)(O)C3)C2)c2ccc(C3=NOC(c4cc(Cl)c(F)c(Cl)c4)(C(F)(F)F)C3)cc21. The fourth-order valence-corrected chi connectivity index (χ4v) is 7.50. The zero-order valence-electron chi connectivity index (χ0n) is 19.7. The van der Waals surface area contributed by atoms with E-state index in [1.807, 2.05) is 0 Å². The molecule has 0 aromatic heterocycles. The van der Waals surface area contributed by atoms with Gasteiger partial charge in [-0.05, 0) is 23.8 Å². The molecular weight excluding hydrogens is 589 g/mol. The molecule has 0 bridgehead atoms. The van der Waals surface area contributed by atoms with Gasteiger partial charge in [-0.25, -0.2) is 4.39 Å². The number of nitrogens with one attached hydrogen (secondary N) is 1. The number of alkyl halides is 3. The highest BCUT2D eigenvalue weighted by Gasteiger charge is 2.63. The first-order valence-electron chi connectivity index (χ1n) is 11.6. The van der Waals surface area contributed by atoms with Gasteiger partial charge in [-0.2, -0.15) is 23.8 Å². The number of hydrogen-bond acceptors (Lipinski definition) is 6. The van der Waals surface area contributed by atoms with Gasteiger partial charge >= 0.3 is 6.18 Å².